The van der Waals surface area contributed by atoms with Crippen molar-refractivity contribution in [3.8, 4) is 0 Å². The zero-order chi connectivity index (χ0) is 21.1. The number of nitrogens with one attached hydrogen (secondary N) is 1. The number of rotatable bonds is 6. The van der Waals surface area contributed by atoms with Gasteiger partial charge in [0.05, 0.1) is 28.1 Å². The number of dihydropyridines is 1. The van der Waals surface area contributed by atoms with Gasteiger partial charge in [-0.15, -0.1) is 0 Å². The number of aliphatic hydroxyl groups is 1. The largest absolute Gasteiger partial charge is 0.513 e. The lowest BCUT2D eigenvalue weighted by atomic mass is 9.92. The Labute approximate surface area is 161 Å². The van der Waals surface area contributed by atoms with Gasteiger partial charge in [0.1, 0.15) is 12.4 Å². The van der Waals surface area contributed by atoms with E-state index in [2.05, 4.69) is 10.1 Å². The summed E-state index contributed by atoms with van der Waals surface area (Å²) in [7, 11) is -3.77. The number of nitro groups is 1. The van der Waals surface area contributed by atoms with E-state index in [1.54, 1.807) is 13.8 Å². The molecule has 0 bridgehead atoms. The Bertz CT molecular complexity index is 965. The fourth-order valence-electron chi connectivity index (χ4n) is 2.95. The van der Waals surface area contributed by atoms with Crippen molar-refractivity contribution >= 4 is 21.7 Å². The molecule has 28 heavy (non-hydrogen) atoms. The van der Waals surface area contributed by atoms with Crippen molar-refractivity contribution in [2.45, 2.75) is 19.8 Å². The summed E-state index contributed by atoms with van der Waals surface area (Å²) >= 11 is 0. The Hall–Kier alpha value is -2.92. The number of sulfone groups is 1. The number of nitrogens with zero attached hydrogens (tertiary/aromatic N) is 1. The van der Waals surface area contributed by atoms with E-state index in [4.69, 9.17) is 9.84 Å². The predicted octanol–water partition coefficient (Wildman–Crippen LogP) is 1.93. The molecule has 0 aromatic heterocycles. The Balaban J connectivity index is 2.62. The van der Waals surface area contributed by atoms with Gasteiger partial charge in [0.25, 0.3) is 5.69 Å². The van der Waals surface area contributed by atoms with Gasteiger partial charge < -0.3 is 19.9 Å². The van der Waals surface area contributed by atoms with E-state index in [1.165, 1.54) is 24.3 Å². The van der Waals surface area contributed by atoms with Gasteiger partial charge in [0.15, 0.2) is 9.84 Å². The minimum Gasteiger partial charge on any atom is -0.432 e. The van der Waals surface area contributed by atoms with Crippen molar-refractivity contribution in [1.82, 2.24) is 5.32 Å². The van der Waals surface area contributed by atoms with Crippen LogP contribution in [0.4, 0.5) is 10.5 Å². The summed E-state index contributed by atoms with van der Waals surface area (Å²) in [5.74, 6) is -1.15. The van der Waals surface area contributed by atoms with Crippen LogP contribution in [0.2, 0.25) is 0 Å². The van der Waals surface area contributed by atoms with Gasteiger partial charge in [-0.3, -0.25) is 10.1 Å². The summed E-state index contributed by atoms with van der Waals surface area (Å²) in [6, 6.07) is 5.43. The SMILES string of the molecule is CC1=C(OC(=O)OCCO)C(c2cccc([N+](=O)[O-])c2)C(S(C)(=O)=O)=C(C)N1. The smallest absolute Gasteiger partial charge is 0.432 e. The monoisotopic (exact) mass is 412 g/mol. The highest BCUT2D eigenvalue weighted by Gasteiger charge is 2.37. The normalized spacial score (nSPS) is 17.2. The number of nitro benzene ring substituents is 1. The second kappa shape index (κ2) is 8.40. The minimum absolute atomic E-state index is 0.0607. The Morgan fingerprint density at radius 3 is 2.57 bits per heavy atom. The predicted molar refractivity (Wildman–Crippen MR) is 98.7 cm³/mol. The van der Waals surface area contributed by atoms with E-state index in [-0.39, 0.29) is 28.5 Å². The van der Waals surface area contributed by atoms with E-state index < -0.39 is 33.4 Å². The van der Waals surface area contributed by atoms with E-state index in [1.807, 2.05) is 0 Å². The van der Waals surface area contributed by atoms with Crippen LogP contribution in [0.15, 0.2) is 46.3 Å². The second-order valence-electron chi connectivity index (χ2n) is 6.08. The molecule has 0 radical (unpaired) electrons. The number of benzene rings is 1. The number of hydrogen-bond donors (Lipinski definition) is 2. The lowest BCUT2D eigenvalue weighted by Crippen LogP contribution is -2.30. The first-order valence-electron chi connectivity index (χ1n) is 8.14. The molecule has 2 rings (SSSR count). The highest BCUT2D eigenvalue weighted by Crippen LogP contribution is 2.41. The minimum atomic E-state index is -3.77. The molecule has 1 unspecified atom stereocenters. The Morgan fingerprint density at radius 1 is 1.32 bits per heavy atom. The number of non-ortho nitro benzene ring substituents is 1. The quantitative estimate of drug-likeness (QED) is 0.406. The van der Waals surface area contributed by atoms with Crippen molar-refractivity contribution < 1.29 is 32.7 Å². The standard InChI is InChI=1S/C17H20N2O8S/c1-10-15(27-17(21)26-8-7-20)14(16(11(2)18-10)28(3,24)25)12-5-4-6-13(9-12)19(22)23/h4-6,9,14,18,20H,7-8H2,1-3H3. The second-order valence-corrected chi connectivity index (χ2v) is 8.07. The lowest BCUT2D eigenvalue weighted by Gasteiger charge is -2.30. The van der Waals surface area contributed by atoms with E-state index in [0.29, 0.717) is 11.4 Å². The Kier molecular flexibility index (Phi) is 6.41. The van der Waals surface area contributed by atoms with Crippen LogP contribution in [0.1, 0.15) is 25.3 Å². The van der Waals surface area contributed by atoms with Crippen LogP contribution >= 0.6 is 0 Å². The van der Waals surface area contributed by atoms with Crippen molar-refractivity contribution in [3.63, 3.8) is 0 Å². The van der Waals surface area contributed by atoms with Crippen LogP contribution in [0.25, 0.3) is 0 Å². The summed E-state index contributed by atoms with van der Waals surface area (Å²) < 4.78 is 34.8. The van der Waals surface area contributed by atoms with Gasteiger partial charge in [0, 0.05) is 24.1 Å². The highest BCUT2D eigenvalue weighted by molar-refractivity contribution is 7.94. The number of hydrogen-bond acceptors (Lipinski definition) is 9. The van der Waals surface area contributed by atoms with E-state index in [0.717, 1.165) is 6.26 Å². The first-order valence-corrected chi connectivity index (χ1v) is 10.0. The molecule has 1 atom stereocenters. The van der Waals surface area contributed by atoms with Gasteiger partial charge in [0.2, 0.25) is 0 Å². The van der Waals surface area contributed by atoms with Crippen molar-refractivity contribution in [1.29, 1.82) is 0 Å². The summed E-state index contributed by atoms with van der Waals surface area (Å²) in [5, 5.41) is 22.8. The molecule has 0 aliphatic carbocycles. The number of aliphatic hydroxyl groups excluding tert-OH is 1. The summed E-state index contributed by atoms with van der Waals surface area (Å²) in [4.78, 5) is 22.4. The number of carbonyl (C=O) groups excluding carboxylic acids is 1. The molecule has 1 heterocycles. The average Bonchev–Trinajstić information content (AvgIpc) is 2.60. The molecule has 0 saturated heterocycles. The average molecular weight is 412 g/mol. The van der Waals surface area contributed by atoms with Crippen molar-refractivity contribution in [2.24, 2.45) is 0 Å². The summed E-state index contributed by atoms with van der Waals surface area (Å²) in [5.41, 5.74) is 0.691. The summed E-state index contributed by atoms with van der Waals surface area (Å²) in [6.07, 6.45) is -0.131. The zero-order valence-electron chi connectivity index (χ0n) is 15.5. The van der Waals surface area contributed by atoms with Gasteiger partial charge in [-0.1, -0.05) is 12.1 Å². The molecule has 10 nitrogen and oxygen atoms in total. The molecule has 152 valence electrons. The van der Waals surface area contributed by atoms with E-state index >= 15 is 0 Å². The number of carbonyl (C=O) groups is 1. The van der Waals surface area contributed by atoms with Crippen LogP contribution in [0.5, 0.6) is 0 Å². The number of allylic oxidation sites excluding steroid dienone is 3. The first-order chi connectivity index (χ1) is 13.1. The molecule has 1 aromatic carbocycles. The van der Waals surface area contributed by atoms with Crippen molar-refractivity contribution in [2.75, 3.05) is 19.5 Å². The molecule has 1 aliphatic rings. The fourth-order valence-corrected chi connectivity index (χ4v) is 4.23. The van der Waals surface area contributed by atoms with Gasteiger partial charge in [-0.25, -0.2) is 13.2 Å². The highest BCUT2D eigenvalue weighted by atomic mass is 32.2. The molecule has 0 amide bonds. The van der Waals surface area contributed by atoms with Gasteiger partial charge in [-0.2, -0.15) is 0 Å². The topological polar surface area (TPSA) is 145 Å². The third-order valence-electron chi connectivity index (χ3n) is 3.96. The molecular weight excluding hydrogens is 392 g/mol. The molecular formula is C17H20N2O8S. The summed E-state index contributed by atoms with van der Waals surface area (Å²) in [6.45, 7) is 2.41. The lowest BCUT2D eigenvalue weighted by molar-refractivity contribution is -0.384. The molecule has 2 N–H and O–H groups in total. The maximum atomic E-state index is 12.5. The maximum Gasteiger partial charge on any atom is 0.513 e. The maximum absolute atomic E-state index is 12.5. The van der Waals surface area contributed by atoms with Crippen LogP contribution in [-0.4, -0.2) is 44.1 Å². The third-order valence-corrected chi connectivity index (χ3v) is 5.30. The first kappa shape index (κ1) is 21.4. The van der Waals surface area contributed by atoms with Crippen LogP contribution in [0, 0.1) is 10.1 Å². The van der Waals surface area contributed by atoms with Crippen LogP contribution in [0.3, 0.4) is 0 Å². The van der Waals surface area contributed by atoms with Gasteiger partial charge in [-0.05, 0) is 19.4 Å². The molecule has 11 heteroatoms. The van der Waals surface area contributed by atoms with Gasteiger partial charge >= 0.3 is 6.16 Å². The number of ether oxygens (including phenoxy) is 2. The van der Waals surface area contributed by atoms with Crippen LogP contribution < -0.4 is 5.32 Å². The molecule has 0 fully saturated rings. The van der Waals surface area contributed by atoms with E-state index in [9.17, 15) is 23.3 Å². The molecule has 1 aliphatic heterocycles. The molecule has 0 saturated carbocycles. The molecule has 1 aromatic rings. The zero-order valence-corrected chi connectivity index (χ0v) is 16.3. The van der Waals surface area contributed by atoms with Crippen LogP contribution in [-0.2, 0) is 19.3 Å². The third kappa shape index (κ3) is 4.67. The van der Waals surface area contributed by atoms with Crippen molar-refractivity contribution in [3.05, 3.63) is 62.0 Å². The molecule has 0 spiro atoms. The Morgan fingerprint density at radius 2 is 2.00 bits per heavy atom. The fraction of sp³-hybridized carbons (Fsp3) is 0.353.